The van der Waals surface area contributed by atoms with Crippen molar-refractivity contribution in [3.05, 3.63) is 28.8 Å². The molecule has 1 amide bonds. The number of halogens is 1. The number of hydrogen-bond donors (Lipinski definition) is 1. The summed E-state index contributed by atoms with van der Waals surface area (Å²) in [5, 5.41) is 4.63. The minimum Gasteiger partial charge on any atom is -0.483 e. The third-order valence-electron chi connectivity index (χ3n) is 2.69. The van der Waals surface area contributed by atoms with E-state index in [1.54, 1.807) is 18.2 Å². The van der Waals surface area contributed by atoms with E-state index < -0.39 is 0 Å². The van der Waals surface area contributed by atoms with Crippen molar-refractivity contribution >= 4 is 23.2 Å². The first-order valence-electron chi connectivity index (χ1n) is 6.12. The first-order valence-corrected chi connectivity index (χ1v) is 6.50. The molecule has 104 valence electrons. The Kier molecular flexibility index (Phi) is 5.83. The van der Waals surface area contributed by atoms with Gasteiger partial charge in [0.15, 0.2) is 6.61 Å². The van der Waals surface area contributed by atoms with Gasteiger partial charge in [-0.05, 0) is 43.5 Å². The molecule has 0 aliphatic rings. The highest BCUT2D eigenvalue weighted by molar-refractivity contribution is 6.30. The van der Waals surface area contributed by atoms with Crippen molar-refractivity contribution in [3.8, 4) is 5.75 Å². The molecule has 19 heavy (non-hydrogen) atoms. The van der Waals surface area contributed by atoms with Gasteiger partial charge in [-0.1, -0.05) is 25.4 Å². The number of nitrogens with zero attached hydrogens (tertiary/aromatic N) is 1. The molecule has 0 spiro atoms. The van der Waals surface area contributed by atoms with Crippen LogP contribution in [0.15, 0.2) is 23.3 Å². The molecule has 0 aliphatic heterocycles. The van der Waals surface area contributed by atoms with Gasteiger partial charge in [0.1, 0.15) is 5.75 Å². The maximum absolute atomic E-state index is 11.6. The predicted octanol–water partition coefficient (Wildman–Crippen LogP) is 3.18. The highest BCUT2D eigenvalue weighted by atomic mass is 35.5. The number of benzene rings is 1. The normalized spacial score (nSPS) is 11.6. The average Bonchev–Trinajstić information content (AvgIpc) is 2.34. The van der Waals surface area contributed by atoms with Gasteiger partial charge in [0.25, 0.3) is 5.91 Å². The van der Waals surface area contributed by atoms with Crippen LogP contribution in [0.4, 0.5) is 0 Å². The Balaban J connectivity index is 2.48. The van der Waals surface area contributed by atoms with Crippen molar-refractivity contribution in [2.75, 3.05) is 6.61 Å². The summed E-state index contributed by atoms with van der Waals surface area (Å²) in [4.78, 5) is 11.6. The summed E-state index contributed by atoms with van der Waals surface area (Å²) in [6, 6.07) is 5.26. The van der Waals surface area contributed by atoms with Crippen LogP contribution in [0.2, 0.25) is 5.02 Å². The maximum Gasteiger partial charge on any atom is 0.277 e. The number of amides is 1. The Morgan fingerprint density at radius 2 is 2.16 bits per heavy atom. The zero-order valence-electron chi connectivity index (χ0n) is 11.7. The first-order chi connectivity index (χ1) is 8.90. The van der Waals surface area contributed by atoms with Crippen LogP contribution in [-0.4, -0.2) is 18.2 Å². The van der Waals surface area contributed by atoms with Gasteiger partial charge in [-0.2, -0.15) is 5.10 Å². The van der Waals surface area contributed by atoms with Gasteiger partial charge in [0, 0.05) is 10.7 Å². The van der Waals surface area contributed by atoms with Crippen molar-refractivity contribution in [2.24, 2.45) is 11.0 Å². The van der Waals surface area contributed by atoms with Crippen molar-refractivity contribution in [3.63, 3.8) is 0 Å². The van der Waals surface area contributed by atoms with Gasteiger partial charge in [0.2, 0.25) is 0 Å². The van der Waals surface area contributed by atoms with Gasteiger partial charge in [-0.25, -0.2) is 5.43 Å². The molecule has 0 saturated carbocycles. The largest absolute Gasteiger partial charge is 0.483 e. The van der Waals surface area contributed by atoms with Crippen molar-refractivity contribution in [1.29, 1.82) is 0 Å². The quantitative estimate of drug-likeness (QED) is 0.666. The maximum atomic E-state index is 11.6. The van der Waals surface area contributed by atoms with E-state index in [9.17, 15) is 4.79 Å². The minimum atomic E-state index is -0.283. The molecule has 0 heterocycles. The Labute approximate surface area is 118 Å². The van der Waals surface area contributed by atoms with Gasteiger partial charge < -0.3 is 4.74 Å². The van der Waals surface area contributed by atoms with E-state index in [4.69, 9.17) is 16.3 Å². The Bertz CT molecular complexity index is 484. The number of hydrazone groups is 1. The third kappa shape index (κ3) is 5.30. The molecule has 1 rings (SSSR count). The fourth-order valence-corrected chi connectivity index (χ4v) is 1.46. The summed E-state index contributed by atoms with van der Waals surface area (Å²) in [6.07, 6.45) is 0. The molecule has 4 nitrogen and oxygen atoms in total. The fraction of sp³-hybridized carbons (Fsp3) is 0.429. The topological polar surface area (TPSA) is 50.7 Å². The molecule has 1 aromatic carbocycles. The lowest BCUT2D eigenvalue weighted by molar-refractivity contribution is -0.123. The second-order valence-electron chi connectivity index (χ2n) is 4.64. The zero-order chi connectivity index (χ0) is 14.4. The highest BCUT2D eigenvalue weighted by Crippen LogP contribution is 2.21. The lowest BCUT2D eigenvalue weighted by Crippen LogP contribution is -2.26. The highest BCUT2D eigenvalue weighted by Gasteiger charge is 2.05. The second-order valence-corrected chi connectivity index (χ2v) is 5.08. The van der Waals surface area contributed by atoms with Crippen LogP contribution in [0.5, 0.6) is 5.75 Å². The fourth-order valence-electron chi connectivity index (χ4n) is 1.23. The minimum absolute atomic E-state index is 0.0721. The molecule has 0 aromatic heterocycles. The molecule has 1 N–H and O–H groups in total. The van der Waals surface area contributed by atoms with Crippen LogP contribution >= 0.6 is 11.6 Å². The van der Waals surface area contributed by atoms with Crippen molar-refractivity contribution < 1.29 is 9.53 Å². The Morgan fingerprint density at radius 1 is 1.47 bits per heavy atom. The molecule has 0 bridgehead atoms. The van der Waals surface area contributed by atoms with Crippen LogP contribution in [0.25, 0.3) is 0 Å². The van der Waals surface area contributed by atoms with E-state index in [2.05, 4.69) is 10.5 Å². The van der Waals surface area contributed by atoms with Crippen molar-refractivity contribution in [1.82, 2.24) is 5.43 Å². The first kappa shape index (κ1) is 15.5. The smallest absolute Gasteiger partial charge is 0.277 e. The number of carbonyl (C=O) groups is 1. The van der Waals surface area contributed by atoms with Gasteiger partial charge in [-0.15, -0.1) is 0 Å². The molecule has 0 radical (unpaired) electrons. The number of rotatable bonds is 5. The summed E-state index contributed by atoms with van der Waals surface area (Å²) >= 11 is 5.84. The number of ether oxygens (including phenoxy) is 1. The third-order valence-corrected chi connectivity index (χ3v) is 2.92. The van der Waals surface area contributed by atoms with Gasteiger partial charge >= 0.3 is 0 Å². The van der Waals surface area contributed by atoms with Gasteiger partial charge in [0.05, 0.1) is 0 Å². The monoisotopic (exact) mass is 282 g/mol. The molecule has 0 atom stereocenters. The van der Waals surface area contributed by atoms with Crippen LogP contribution in [-0.2, 0) is 4.79 Å². The summed E-state index contributed by atoms with van der Waals surface area (Å²) in [5.41, 5.74) is 4.23. The molecular weight excluding hydrogens is 264 g/mol. The van der Waals surface area contributed by atoms with E-state index >= 15 is 0 Å². The van der Waals surface area contributed by atoms with Crippen LogP contribution in [0, 0.1) is 12.8 Å². The van der Waals surface area contributed by atoms with E-state index in [-0.39, 0.29) is 12.5 Å². The molecule has 0 aliphatic carbocycles. The molecule has 1 aromatic rings. The number of hydrogen-bond acceptors (Lipinski definition) is 3. The molecule has 0 fully saturated rings. The van der Waals surface area contributed by atoms with Crippen LogP contribution in [0.1, 0.15) is 26.3 Å². The standard InChI is InChI=1S/C14H19ClN2O2/c1-9(2)11(4)16-17-14(18)8-19-13-6-5-12(15)7-10(13)3/h5-7,9H,8H2,1-4H3,(H,17,18). The second kappa shape index (κ2) is 7.14. The lowest BCUT2D eigenvalue weighted by Gasteiger charge is -2.09. The van der Waals surface area contributed by atoms with E-state index in [1.807, 2.05) is 27.7 Å². The SMILES string of the molecule is CC(=NNC(=O)COc1ccc(Cl)cc1C)C(C)C. The lowest BCUT2D eigenvalue weighted by atomic mass is 10.1. The van der Waals surface area contributed by atoms with Gasteiger partial charge in [-0.3, -0.25) is 4.79 Å². The predicted molar refractivity (Wildman–Crippen MR) is 77.8 cm³/mol. The summed E-state index contributed by atoms with van der Waals surface area (Å²) in [5.74, 6) is 0.665. The number of aryl methyl sites for hydroxylation is 1. The molecule has 0 unspecified atom stereocenters. The van der Waals surface area contributed by atoms with E-state index in [0.717, 1.165) is 11.3 Å². The Morgan fingerprint density at radius 3 is 2.74 bits per heavy atom. The van der Waals surface area contributed by atoms with Crippen LogP contribution < -0.4 is 10.2 Å². The Hall–Kier alpha value is -1.55. The molecule has 0 saturated heterocycles. The van der Waals surface area contributed by atoms with Crippen LogP contribution in [0.3, 0.4) is 0 Å². The molecule has 5 heteroatoms. The average molecular weight is 283 g/mol. The summed E-state index contributed by atoms with van der Waals surface area (Å²) < 4.78 is 5.41. The summed E-state index contributed by atoms with van der Waals surface area (Å²) in [7, 11) is 0. The number of nitrogens with one attached hydrogen (secondary N) is 1. The van der Waals surface area contributed by atoms with E-state index in [0.29, 0.717) is 16.7 Å². The van der Waals surface area contributed by atoms with E-state index in [1.165, 1.54) is 0 Å². The zero-order valence-corrected chi connectivity index (χ0v) is 12.4. The summed E-state index contributed by atoms with van der Waals surface area (Å²) in [6.45, 7) is 7.70. The van der Waals surface area contributed by atoms with Crippen molar-refractivity contribution in [2.45, 2.75) is 27.7 Å². The molecular formula is C14H19ClN2O2. The number of carbonyl (C=O) groups excluding carboxylic acids is 1.